The fourth-order valence-corrected chi connectivity index (χ4v) is 2.06. The maximum absolute atomic E-state index is 8.99. The van der Waals surface area contributed by atoms with Gasteiger partial charge in [-0.2, -0.15) is 0 Å². The van der Waals surface area contributed by atoms with Crippen molar-refractivity contribution in [2.75, 3.05) is 6.61 Å². The van der Waals surface area contributed by atoms with Gasteiger partial charge < -0.3 is 5.11 Å². The summed E-state index contributed by atoms with van der Waals surface area (Å²) in [6.07, 6.45) is 6.58. The van der Waals surface area contributed by atoms with Crippen molar-refractivity contribution in [3.05, 3.63) is 0 Å². The lowest BCUT2D eigenvalue weighted by Gasteiger charge is -2.28. The zero-order valence-electron chi connectivity index (χ0n) is 6.84. The van der Waals surface area contributed by atoms with Gasteiger partial charge in [0.2, 0.25) is 0 Å². The first-order valence-electron chi connectivity index (χ1n) is 4.49. The molecular weight excluding hydrogens is 124 g/mol. The third-order valence-electron chi connectivity index (χ3n) is 2.83. The van der Waals surface area contributed by atoms with Crippen LogP contribution in [0.15, 0.2) is 0 Å². The summed E-state index contributed by atoms with van der Waals surface area (Å²) < 4.78 is 0. The van der Waals surface area contributed by atoms with Crippen molar-refractivity contribution >= 4 is 0 Å². The first-order chi connectivity index (χ1) is 4.88. The van der Waals surface area contributed by atoms with E-state index in [2.05, 4.69) is 6.92 Å². The van der Waals surface area contributed by atoms with Crippen molar-refractivity contribution in [1.82, 2.24) is 0 Å². The normalized spacial score (nSPS) is 34.2. The maximum atomic E-state index is 8.99. The summed E-state index contributed by atoms with van der Waals surface area (Å²) in [5.41, 5.74) is 0. The Morgan fingerprint density at radius 1 is 1.20 bits per heavy atom. The molecule has 1 aliphatic carbocycles. The standard InChI is InChI=1S/C9H18O/c1-2-8-5-3-4-6-9(8)7-10/h8-10H,2-7H2,1H3/t8-,9-/m0/s1. The number of hydrogen-bond donors (Lipinski definition) is 1. The van der Waals surface area contributed by atoms with Gasteiger partial charge in [-0.05, 0) is 18.3 Å². The number of hydrogen-bond acceptors (Lipinski definition) is 1. The average molecular weight is 142 g/mol. The van der Waals surface area contributed by atoms with E-state index in [4.69, 9.17) is 5.11 Å². The minimum atomic E-state index is 0.415. The molecule has 2 atom stereocenters. The molecule has 10 heavy (non-hydrogen) atoms. The smallest absolute Gasteiger partial charge is 0.0461 e. The van der Waals surface area contributed by atoms with Crippen molar-refractivity contribution in [3.63, 3.8) is 0 Å². The molecule has 1 N–H and O–H groups in total. The number of aliphatic hydroxyl groups is 1. The quantitative estimate of drug-likeness (QED) is 0.626. The molecule has 1 fully saturated rings. The Balaban J connectivity index is 2.34. The molecule has 0 aliphatic heterocycles. The minimum absolute atomic E-state index is 0.415. The van der Waals surface area contributed by atoms with E-state index in [1.807, 2.05) is 0 Å². The lowest BCUT2D eigenvalue weighted by Crippen LogP contribution is -2.21. The predicted molar refractivity (Wildman–Crippen MR) is 42.8 cm³/mol. The van der Waals surface area contributed by atoms with Crippen molar-refractivity contribution in [2.24, 2.45) is 11.8 Å². The van der Waals surface area contributed by atoms with E-state index >= 15 is 0 Å². The topological polar surface area (TPSA) is 20.2 Å². The van der Waals surface area contributed by atoms with Gasteiger partial charge in [-0.3, -0.25) is 0 Å². The monoisotopic (exact) mass is 142 g/mol. The fourth-order valence-electron chi connectivity index (χ4n) is 2.06. The van der Waals surface area contributed by atoms with Gasteiger partial charge in [0, 0.05) is 6.61 Å². The first kappa shape index (κ1) is 8.06. The van der Waals surface area contributed by atoms with Crippen molar-refractivity contribution < 1.29 is 5.11 Å². The summed E-state index contributed by atoms with van der Waals surface area (Å²) in [6.45, 7) is 2.65. The lowest BCUT2D eigenvalue weighted by atomic mass is 9.78. The molecule has 1 nitrogen and oxygen atoms in total. The number of aliphatic hydroxyl groups excluding tert-OH is 1. The second kappa shape index (κ2) is 3.97. The van der Waals surface area contributed by atoms with Crippen LogP contribution in [0.4, 0.5) is 0 Å². The Labute approximate surface area is 63.4 Å². The van der Waals surface area contributed by atoms with Crippen LogP contribution in [0, 0.1) is 11.8 Å². The molecular formula is C9H18O. The molecule has 0 radical (unpaired) electrons. The summed E-state index contributed by atoms with van der Waals surface area (Å²) in [7, 11) is 0. The molecule has 1 heteroatoms. The molecule has 0 heterocycles. The SMILES string of the molecule is CC[C@H]1CCCC[C@H]1CO. The molecule has 0 amide bonds. The van der Waals surface area contributed by atoms with E-state index in [1.54, 1.807) is 0 Å². The molecule has 1 rings (SSSR count). The van der Waals surface area contributed by atoms with Gasteiger partial charge in [0.15, 0.2) is 0 Å². The van der Waals surface area contributed by atoms with Crippen molar-refractivity contribution in [3.8, 4) is 0 Å². The zero-order valence-corrected chi connectivity index (χ0v) is 6.84. The van der Waals surface area contributed by atoms with Gasteiger partial charge in [-0.1, -0.05) is 32.6 Å². The summed E-state index contributed by atoms with van der Waals surface area (Å²) in [4.78, 5) is 0. The third kappa shape index (κ3) is 1.72. The average Bonchev–Trinajstić information content (AvgIpc) is 2.04. The molecule has 0 aromatic heterocycles. The van der Waals surface area contributed by atoms with Crippen LogP contribution in [0.1, 0.15) is 39.0 Å². The highest BCUT2D eigenvalue weighted by atomic mass is 16.3. The third-order valence-corrected chi connectivity index (χ3v) is 2.83. The largest absolute Gasteiger partial charge is 0.396 e. The van der Waals surface area contributed by atoms with Crippen LogP contribution in [-0.4, -0.2) is 11.7 Å². The highest BCUT2D eigenvalue weighted by molar-refractivity contribution is 4.73. The van der Waals surface area contributed by atoms with E-state index in [-0.39, 0.29) is 0 Å². The van der Waals surface area contributed by atoms with Crippen LogP contribution in [0.2, 0.25) is 0 Å². The molecule has 1 aliphatic rings. The maximum Gasteiger partial charge on any atom is 0.0461 e. The van der Waals surface area contributed by atoms with Gasteiger partial charge in [-0.15, -0.1) is 0 Å². The molecule has 0 aromatic carbocycles. The summed E-state index contributed by atoms with van der Waals surface area (Å²) in [5.74, 6) is 1.44. The van der Waals surface area contributed by atoms with Gasteiger partial charge >= 0.3 is 0 Å². The zero-order chi connectivity index (χ0) is 7.40. The van der Waals surface area contributed by atoms with E-state index in [1.165, 1.54) is 32.1 Å². The summed E-state index contributed by atoms with van der Waals surface area (Å²) in [6, 6.07) is 0. The molecule has 0 aromatic rings. The van der Waals surface area contributed by atoms with Crippen LogP contribution in [-0.2, 0) is 0 Å². The molecule has 60 valence electrons. The second-order valence-electron chi connectivity index (χ2n) is 3.40. The minimum Gasteiger partial charge on any atom is -0.396 e. The first-order valence-corrected chi connectivity index (χ1v) is 4.49. The second-order valence-corrected chi connectivity index (χ2v) is 3.40. The highest BCUT2D eigenvalue weighted by Gasteiger charge is 2.22. The Hall–Kier alpha value is -0.0400. The van der Waals surface area contributed by atoms with Gasteiger partial charge in [0.25, 0.3) is 0 Å². The fraction of sp³-hybridized carbons (Fsp3) is 1.00. The summed E-state index contributed by atoms with van der Waals surface area (Å²) in [5, 5.41) is 8.99. The summed E-state index contributed by atoms with van der Waals surface area (Å²) >= 11 is 0. The molecule has 0 unspecified atom stereocenters. The Bertz CT molecular complexity index is 78.7. The molecule has 0 saturated heterocycles. The van der Waals surface area contributed by atoms with Crippen LogP contribution in [0.3, 0.4) is 0 Å². The van der Waals surface area contributed by atoms with E-state index in [0.717, 1.165) is 5.92 Å². The van der Waals surface area contributed by atoms with Crippen LogP contribution in [0.5, 0.6) is 0 Å². The van der Waals surface area contributed by atoms with Crippen molar-refractivity contribution in [1.29, 1.82) is 0 Å². The lowest BCUT2D eigenvalue weighted by molar-refractivity contribution is 0.132. The highest BCUT2D eigenvalue weighted by Crippen LogP contribution is 2.31. The van der Waals surface area contributed by atoms with E-state index < -0.39 is 0 Å². The van der Waals surface area contributed by atoms with E-state index in [0.29, 0.717) is 12.5 Å². The van der Waals surface area contributed by atoms with E-state index in [9.17, 15) is 0 Å². The molecule has 1 saturated carbocycles. The Morgan fingerprint density at radius 2 is 1.80 bits per heavy atom. The van der Waals surface area contributed by atoms with Gasteiger partial charge in [-0.25, -0.2) is 0 Å². The van der Waals surface area contributed by atoms with Crippen LogP contribution in [0.25, 0.3) is 0 Å². The van der Waals surface area contributed by atoms with Gasteiger partial charge in [0.05, 0.1) is 0 Å². The van der Waals surface area contributed by atoms with Gasteiger partial charge in [0.1, 0.15) is 0 Å². The Kier molecular flexibility index (Phi) is 3.20. The van der Waals surface area contributed by atoms with Crippen LogP contribution < -0.4 is 0 Å². The molecule has 0 spiro atoms. The van der Waals surface area contributed by atoms with Crippen LogP contribution >= 0.6 is 0 Å². The molecule has 0 bridgehead atoms. The predicted octanol–water partition coefficient (Wildman–Crippen LogP) is 2.20. The van der Waals surface area contributed by atoms with Crippen molar-refractivity contribution in [2.45, 2.75) is 39.0 Å². The Morgan fingerprint density at radius 3 is 2.20 bits per heavy atom. The number of rotatable bonds is 2.